The Bertz CT molecular complexity index is 744. The molecule has 7 heteroatoms. The van der Waals surface area contributed by atoms with Gasteiger partial charge in [0.15, 0.2) is 11.0 Å². The van der Waals surface area contributed by atoms with Gasteiger partial charge in [0.1, 0.15) is 0 Å². The largest absolute Gasteiger partial charge is 0.371 e. The van der Waals surface area contributed by atoms with E-state index in [0.29, 0.717) is 11.4 Å². The van der Waals surface area contributed by atoms with Gasteiger partial charge in [-0.15, -0.1) is 10.2 Å². The van der Waals surface area contributed by atoms with Gasteiger partial charge in [-0.1, -0.05) is 11.6 Å². The number of carbonyl (C=O) groups excluding carboxylic acids is 1. The van der Waals surface area contributed by atoms with Crippen LogP contribution in [-0.2, 0) is 0 Å². The van der Waals surface area contributed by atoms with E-state index in [9.17, 15) is 4.79 Å². The van der Waals surface area contributed by atoms with Gasteiger partial charge in [0.05, 0.1) is 16.9 Å². The highest BCUT2D eigenvalue weighted by Gasteiger charge is 2.22. The van der Waals surface area contributed by atoms with Crippen LogP contribution in [0.3, 0.4) is 0 Å². The van der Waals surface area contributed by atoms with E-state index >= 15 is 0 Å². The molecule has 1 saturated heterocycles. The van der Waals surface area contributed by atoms with Crippen molar-refractivity contribution in [2.45, 2.75) is 6.42 Å². The minimum absolute atomic E-state index is 0.193. The fraction of sp³-hybridized carbons (Fsp3) is 0.214. The van der Waals surface area contributed by atoms with E-state index in [1.54, 1.807) is 0 Å². The van der Waals surface area contributed by atoms with Crippen LogP contribution in [0.5, 0.6) is 0 Å². The van der Waals surface area contributed by atoms with Crippen LogP contribution in [0.25, 0.3) is 0 Å². The molecule has 0 aliphatic carbocycles. The van der Waals surface area contributed by atoms with Gasteiger partial charge in [-0.2, -0.15) is 0 Å². The number of benzene rings is 1. The molecule has 0 bridgehead atoms. The topological polar surface area (TPSA) is 70.2 Å². The minimum Gasteiger partial charge on any atom is -0.371 e. The number of rotatable bonds is 1. The number of halogens is 1. The lowest BCUT2D eigenvalue weighted by Gasteiger charge is -2.33. The van der Waals surface area contributed by atoms with Crippen LogP contribution in [0.1, 0.15) is 16.8 Å². The second kappa shape index (κ2) is 4.60. The number of hydrogen-bond acceptors (Lipinski definition) is 5. The number of amides is 1. The first kappa shape index (κ1) is 12.4. The van der Waals surface area contributed by atoms with Crippen LogP contribution in [0.15, 0.2) is 24.3 Å². The molecule has 1 amide bonds. The van der Waals surface area contributed by atoms with Crippen molar-refractivity contribution in [3.63, 3.8) is 0 Å². The summed E-state index contributed by atoms with van der Waals surface area (Å²) in [6, 6.07) is 7.43. The van der Waals surface area contributed by atoms with Crippen LogP contribution < -0.4 is 15.5 Å². The van der Waals surface area contributed by atoms with Gasteiger partial charge in [0.2, 0.25) is 0 Å². The molecule has 2 aromatic rings. The first-order chi connectivity index (χ1) is 10.2. The summed E-state index contributed by atoms with van der Waals surface area (Å²) in [6.45, 7) is 2.13. The maximum Gasteiger partial charge on any atom is 0.259 e. The quantitative estimate of drug-likeness (QED) is 0.847. The van der Waals surface area contributed by atoms with E-state index in [1.807, 2.05) is 18.2 Å². The predicted molar refractivity (Wildman–Crippen MR) is 81.5 cm³/mol. The molecule has 6 nitrogen and oxygen atoms in total. The summed E-state index contributed by atoms with van der Waals surface area (Å²) in [7, 11) is 0. The molecule has 1 aromatic carbocycles. The zero-order valence-electron chi connectivity index (χ0n) is 11.1. The van der Waals surface area contributed by atoms with Crippen LogP contribution in [0.2, 0.25) is 5.15 Å². The molecule has 0 spiro atoms. The first-order valence-corrected chi connectivity index (χ1v) is 7.09. The molecule has 0 atom stereocenters. The molecule has 1 fully saturated rings. The number of nitrogens with one attached hydrogen (secondary N) is 2. The second-order valence-electron chi connectivity index (χ2n) is 5.08. The van der Waals surface area contributed by atoms with E-state index in [1.165, 1.54) is 12.5 Å². The molecule has 2 aliphatic rings. The van der Waals surface area contributed by atoms with Crippen molar-refractivity contribution in [3.05, 3.63) is 35.0 Å². The van der Waals surface area contributed by atoms with Crippen molar-refractivity contribution >= 4 is 40.4 Å². The number of carbonyl (C=O) groups is 1. The fourth-order valence-electron chi connectivity index (χ4n) is 2.47. The summed E-state index contributed by atoms with van der Waals surface area (Å²) < 4.78 is 0. The van der Waals surface area contributed by atoms with Crippen molar-refractivity contribution in [3.8, 4) is 0 Å². The third kappa shape index (κ3) is 2.08. The SMILES string of the molecule is O=C1Nc2ccc(N3CCC3)cc2Nc2nnc(Cl)cc21. The maximum atomic E-state index is 12.2. The Hall–Kier alpha value is -2.34. The van der Waals surface area contributed by atoms with Gasteiger partial charge in [-0.3, -0.25) is 4.79 Å². The Labute approximate surface area is 126 Å². The Morgan fingerprint density at radius 3 is 2.71 bits per heavy atom. The lowest BCUT2D eigenvalue weighted by Crippen LogP contribution is -2.36. The number of anilines is 4. The van der Waals surface area contributed by atoms with E-state index in [4.69, 9.17) is 11.6 Å². The molecule has 4 rings (SSSR count). The van der Waals surface area contributed by atoms with Gasteiger partial charge in [-0.05, 0) is 30.7 Å². The van der Waals surface area contributed by atoms with Crippen molar-refractivity contribution in [2.24, 2.45) is 0 Å². The number of hydrogen-bond donors (Lipinski definition) is 2. The average molecular weight is 302 g/mol. The molecule has 2 N–H and O–H groups in total. The van der Waals surface area contributed by atoms with Crippen LogP contribution in [0, 0.1) is 0 Å². The Morgan fingerprint density at radius 2 is 1.95 bits per heavy atom. The summed E-state index contributed by atoms with van der Waals surface area (Å²) in [5, 5.41) is 14.0. The summed E-state index contributed by atoms with van der Waals surface area (Å²) in [5.41, 5.74) is 3.05. The number of aromatic nitrogens is 2. The monoisotopic (exact) mass is 301 g/mol. The third-order valence-corrected chi connectivity index (χ3v) is 3.92. The average Bonchev–Trinajstić information content (AvgIpc) is 2.53. The second-order valence-corrected chi connectivity index (χ2v) is 5.47. The smallest absolute Gasteiger partial charge is 0.259 e. The number of fused-ring (bicyclic) bond motifs is 2. The molecule has 2 aliphatic heterocycles. The Kier molecular flexibility index (Phi) is 2.71. The highest BCUT2D eigenvalue weighted by molar-refractivity contribution is 6.30. The van der Waals surface area contributed by atoms with Crippen molar-refractivity contribution in [1.29, 1.82) is 0 Å². The lowest BCUT2D eigenvalue weighted by molar-refractivity contribution is 0.102. The zero-order chi connectivity index (χ0) is 14.4. The molecule has 3 heterocycles. The summed E-state index contributed by atoms with van der Waals surface area (Å²) in [5.74, 6) is 0.168. The van der Waals surface area contributed by atoms with E-state index < -0.39 is 0 Å². The molecular weight excluding hydrogens is 290 g/mol. The van der Waals surface area contributed by atoms with Gasteiger partial charge in [-0.25, -0.2) is 0 Å². The molecule has 0 radical (unpaired) electrons. The van der Waals surface area contributed by atoms with E-state index in [2.05, 4.69) is 25.7 Å². The van der Waals surface area contributed by atoms with Crippen molar-refractivity contribution in [2.75, 3.05) is 28.6 Å². The summed E-state index contributed by atoms with van der Waals surface area (Å²) in [6.07, 6.45) is 1.22. The highest BCUT2D eigenvalue weighted by Crippen LogP contribution is 2.35. The zero-order valence-corrected chi connectivity index (χ0v) is 11.8. The molecular formula is C14H12ClN5O. The van der Waals surface area contributed by atoms with Crippen molar-refractivity contribution in [1.82, 2.24) is 10.2 Å². The van der Waals surface area contributed by atoms with E-state index in [0.717, 1.165) is 30.2 Å². The standard InChI is InChI=1S/C14H12ClN5O/c15-12-7-9-13(19-18-12)16-11-6-8(20-4-1-5-20)2-3-10(11)17-14(9)21/h2-3,6-7H,1,4-5H2,(H,16,19)(H,17,21). The number of nitrogens with zero attached hydrogens (tertiary/aromatic N) is 3. The lowest BCUT2D eigenvalue weighted by atomic mass is 10.1. The van der Waals surface area contributed by atoms with Gasteiger partial charge >= 0.3 is 0 Å². The van der Waals surface area contributed by atoms with Gasteiger partial charge in [0.25, 0.3) is 5.91 Å². The Balaban J connectivity index is 1.78. The van der Waals surface area contributed by atoms with Gasteiger partial charge in [0, 0.05) is 18.8 Å². The normalized spacial score (nSPS) is 16.0. The third-order valence-electron chi connectivity index (χ3n) is 3.73. The molecule has 21 heavy (non-hydrogen) atoms. The first-order valence-electron chi connectivity index (χ1n) is 6.71. The summed E-state index contributed by atoms with van der Waals surface area (Å²) in [4.78, 5) is 14.5. The molecule has 106 valence electrons. The predicted octanol–water partition coefficient (Wildman–Crippen LogP) is 2.65. The maximum absolute atomic E-state index is 12.2. The Morgan fingerprint density at radius 1 is 1.10 bits per heavy atom. The summed E-state index contributed by atoms with van der Waals surface area (Å²) >= 11 is 5.81. The fourth-order valence-corrected chi connectivity index (χ4v) is 2.61. The van der Waals surface area contributed by atoms with Crippen LogP contribution >= 0.6 is 11.6 Å². The highest BCUT2D eigenvalue weighted by atomic mass is 35.5. The van der Waals surface area contributed by atoms with E-state index in [-0.39, 0.29) is 11.1 Å². The van der Waals surface area contributed by atoms with Crippen LogP contribution in [-0.4, -0.2) is 29.2 Å². The minimum atomic E-state index is -0.246. The molecule has 0 saturated carbocycles. The van der Waals surface area contributed by atoms with Crippen molar-refractivity contribution < 1.29 is 4.79 Å². The van der Waals surface area contributed by atoms with Gasteiger partial charge < -0.3 is 15.5 Å². The van der Waals surface area contributed by atoms with Crippen LogP contribution in [0.4, 0.5) is 22.9 Å². The molecule has 1 aromatic heterocycles. The molecule has 0 unspecified atom stereocenters.